The maximum Gasteiger partial charge on any atom is 0.262 e. The van der Waals surface area contributed by atoms with E-state index in [0.29, 0.717) is 5.39 Å². The third kappa shape index (κ3) is 2.98. The third-order valence-corrected chi connectivity index (χ3v) is 5.88. The van der Waals surface area contributed by atoms with E-state index in [1.54, 1.807) is 11.3 Å². The summed E-state index contributed by atoms with van der Waals surface area (Å²) >= 11 is 1.61. The van der Waals surface area contributed by atoms with Crippen LogP contribution in [0.5, 0.6) is 0 Å². The van der Waals surface area contributed by atoms with Gasteiger partial charge in [0.1, 0.15) is 11.4 Å². The summed E-state index contributed by atoms with van der Waals surface area (Å²) in [4.78, 5) is 31.6. The van der Waals surface area contributed by atoms with Crippen LogP contribution in [0.4, 0.5) is 0 Å². The van der Waals surface area contributed by atoms with Crippen LogP contribution in [0.3, 0.4) is 0 Å². The standard InChI is InChI=1S/C19H19N3O2S/c1-12(13-6-3-2-4-7-13)21-16(23)10-22-11-20-18-17(19(22)24)14-8-5-9-15(14)25-18/h2-4,6-7,11-12H,5,8-10H2,1H3,(H,21,23)/t12-/m0/s1. The van der Waals surface area contributed by atoms with Crippen molar-refractivity contribution in [2.45, 2.75) is 38.8 Å². The average Bonchev–Trinajstić information content (AvgIpc) is 3.19. The van der Waals surface area contributed by atoms with Gasteiger partial charge >= 0.3 is 0 Å². The molecule has 5 nitrogen and oxygen atoms in total. The lowest BCUT2D eigenvalue weighted by Crippen LogP contribution is -2.34. The maximum absolute atomic E-state index is 12.8. The van der Waals surface area contributed by atoms with Gasteiger partial charge in [-0.15, -0.1) is 11.3 Å². The SMILES string of the molecule is C[C@H](NC(=O)Cn1cnc2sc3c(c2c1=O)CCC3)c1ccccc1. The van der Waals surface area contributed by atoms with E-state index < -0.39 is 0 Å². The number of fused-ring (bicyclic) bond motifs is 3. The summed E-state index contributed by atoms with van der Waals surface area (Å²) < 4.78 is 1.42. The number of hydrogen-bond acceptors (Lipinski definition) is 4. The molecule has 128 valence electrons. The number of rotatable bonds is 4. The fraction of sp³-hybridized carbons (Fsp3) is 0.316. The molecule has 2 heterocycles. The number of hydrogen-bond donors (Lipinski definition) is 1. The lowest BCUT2D eigenvalue weighted by molar-refractivity contribution is -0.122. The normalized spacial score (nSPS) is 14.4. The second-order valence-electron chi connectivity index (χ2n) is 6.42. The third-order valence-electron chi connectivity index (χ3n) is 4.68. The smallest absolute Gasteiger partial charge is 0.262 e. The lowest BCUT2D eigenvalue weighted by atomic mass is 10.1. The molecule has 1 atom stereocenters. The number of carbonyl (C=O) groups is 1. The van der Waals surface area contributed by atoms with Crippen LogP contribution in [0.2, 0.25) is 0 Å². The van der Waals surface area contributed by atoms with E-state index >= 15 is 0 Å². The Morgan fingerprint density at radius 3 is 2.92 bits per heavy atom. The Kier molecular flexibility index (Phi) is 4.13. The lowest BCUT2D eigenvalue weighted by Gasteiger charge is -2.14. The number of carbonyl (C=O) groups excluding carboxylic acids is 1. The average molecular weight is 353 g/mol. The van der Waals surface area contributed by atoms with E-state index in [9.17, 15) is 9.59 Å². The Balaban J connectivity index is 1.55. The summed E-state index contributed by atoms with van der Waals surface area (Å²) in [5, 5.41) is 3.65. The van der Waals surface area contributed by atoms with Gasteiger partial charge in [0, 0.05) is 4.88 Å². The Hall–Kier alpha value is -2.47. The number of amides is 1. The topological polar surface area (TPSA) is 64.0 Å². The molecular weight excluding hydrogens is 334 g/mol. The zero-order valence-corrected chi connectivity index (χ0v) is 14.8. The highest BCUT2D eigenvalue weighted by Crippen LogP contribution is 2.34. The fourth-order valence-electron chi connectivity index (χ4n) is 3.40. The van der Waals surface area contributed by atoms with Crippen LogP contribution in [-0.4, -0.2) is 15.5 Å². The molecule has 0 spiro atoms. The highest BCUT2D eigenvalue weighted by atomic mass is 32.1. The fourth-order valence-corrected chi connectivity index (χ4v) is 4.62. The van der Waals surface area contributed by atoms with Crippen molar-refractivity contribution < 1.29 is 4.79 Å². The molecule has 1 aromatic carbocycles. The first-order chi connectivity index (χ1) is 12.1. The Morgan fingerprint density at radius 1 is 1.32 bits per heavy atom. The van der Waals surface area contributed by atoms with Gasteiger partial charge in [0.25, 0.3) is 5.56 Å². The minimum absolute atomic E-state index is 0.0104. The van der Waals surface area contributed by atoms with Crippen molar-refractivity contribution in [3.05, 3.63) is 63.0 Å². The van der Waals surface area contributed by atoms with E-state index in [0.717, 1.165) is 35.2 Å². The van der Waals surface area contributed by atoms with Crippen LogP contribution in [0.25, 0.3) is 10.2 Å². The number of nitrogens with one attached hydrogen (secondary N) is 1. The predicted molar refractivity (Wildman–Crippen MR) is 98.9 cm³/mol. The molecule has 0 aliphatic heterocycles. The van der Waals surface area contributed by atoms with Gasteiger partial charge in [-0.25, -0.2) is 4.98 Å². The van der Waals surface area contributed by atoms with Crippen molar-refractivity contribution in [3.63, 3.8) is 0 Å². The van der Waals surface area contributed by atoms with Crippen LogP contribution < -0.4 is 10.9 Å². The van der Waals surface area contributed by atoms with Gasteiger partial charge in [0.2, 0.25) is 5.91 Å². The van der Waals surface area contributed by atoms with Crippen LogP contribution in [0, 0.1) is 0 Å². The van der Waals surface area contributed by atoms with E-state index in [4.69, 9.17) is 0 Å². The summed E-state index contributed by atoms with van der Waals surface area (Å²) in [5.41, 5.74) is 2.07. The van der Waals surface area contributed by atoms with E-state index in [1.807, 2.05) is 37.3 Å². The highest BCUT2D eigenvalue weighted by molar-refractivity contribution is 7.18. The summed E-state index contributed by atoms with van der Waals surface area (Å²) in [7, 11) is 0. The maximum atomic E-state index is 12.8. The number of aryl methyl sites for hydroxylation is 2. The Bertz CT molecular complexity index is 991. The molecule has 1 aliphatic carbocycles. The van der Waals surface area contributed by atoms with Crippen LogP contribution in [-0.2, 0) is 24.2 Å². The molecular formula is C19H19N3O2S. The molecule has 0 bridgehead atoms. The summed E-state index contributed by atoms with van der Waals surface area (Å²) in [5.74, 6) is -0.188. The number of nitrogens with zero attached hydrogens (tertiary/aromatic N) is 2. The number of benzene rings is 1. The molecule has 3 aromatic rings. The molecule has 2 aromatic heterocycles. The van der Waals surface area contributed by atoms with E-state index in [-0.39, 0.29) is 24.1 Å². The van der Waals surface area contributed by atoms with Gasteiger partial charge in [-0.05, 0) is 37.3 Å². The van der Waals surface area contributed by atoms with Gasteiger partial charge in [0.15, 0.2) is 0 Å². The molecule has 6 heteroatoms. The molecule has 4 rings (SSSR count). The van der Waals surface area contributed by atoms with E-state index in [2.05, 4.69) is 10.3 Å². The monoisotopic (exact) mass is 353 g/mol. The molecule has 0 saturated carbocycles. The first-order valence-corrected chi connectivity index (χ1v) is 9.29. The van der Waals surface area contributed by atoms with Crippen molar-refractivity contribution in [3.8, 4) is 0 Å². The van der Waals surface area contributed by atoms with Crippen LogP contribution >= 0.6 is 11.3 Å². The first kappa shape index (κ1) is 16.0. The van der Waals surface area contributed by atoms with Crippen molar-refractivity contribution in [2.75, 3.05) is 0 Å². The molecule has 1 aliphatic rings. The molecule has 0 radical (unpaired) electrons. The minimum Gasteiger partial charge on any atom is -0.348 e. The second kappa shape index (κ2) is 6.44. The quantitative estimate of drug-likeness (QED) is 0.784. The zero-order valence-electron chi connectivity index (χ0n) is 14.0. The van der Waals surface area contributed by atoms with Gasteiger partial charge < -0.3 is 5.32 Å². The summed E-state index contributed by atoms with van der Waals surface area (Å²) in [6.45, 7) is 1.92. The van der Waals surface area contributed by atoms with E-state index in [1.165, 1.54) is 15.8 Å². The zero-order chi connectivity index (χ0) is 17.4. The molecule has 1 N–H and O–H groups in total. The van der Waals surface area contributed by atoms with Gasteiger partial charge in [0.05, 0.1) is 17.8 Å². The molecule has 0 fully saturated rings. The Morgan fingerprint density at radius 2 is 2.12 bits per heavy atom. The van der Waals surface area contributed by atoms with Crippen LogP contribution in [0.1, 0.15) is 35.4 Å². The highest BCUT2D eigenvalue weighted by Gasteiger charge is 2.21. The molecule has 1 amide bonds. The minimum atomic E-state index is -0.188. The summed E-state index contributed by atoms with van der Waals surface area (Å²) in [6, 6.07) is 9.66. The molecule has 25 heavy (non-hydrogen) atoms. The van der Waals surface area contributed by atoms with Gasteiger partial charge in [-0.1, -0.05) is 30.3 Å². The van der Waals surface area contributed by atoms with Crippen molar-refractivity contribution >= 4 is 27.5 Å². The predicted octanol–water partition coefficient (Wildman–Crippen LogP) is 2.82. The van der Waals surface area contributed by atoms with Crippen molar-refractivity contribution in [1.82, 2.24) is 14.9 Å². The van der Waals surface area contributed by atoms with Gasteiger partial charge in [-0.3, -0.25) is 14.2 Å². The van der Waals surface area contributed by atoms with Crippen LogP contribution in [0.15, 0.2) is 41.5 Å². The van der Waals surface area contributed by atoms with Gasteiger partial charge in [-0.2, -0.15) is 0 Å². The molecule has 0 unspecified atom stereocenters. The second-order valence-corrected chi connectivity index (χ2v) is 7.50. The first-order valence-electron chi connectivity index (χ1n) is 8.47. The largest absolute Gasteiger partial charge is 0.348 e. The molecule has 0 saturated heterocycles. The van der Waals surface area contributed by atoms with Crippen molar-refractivity contribution in [1.29, 1.82) is 0 Å². The number of aromatic nitrogens is 2. The Labute approximate surface area is 149 Å². The summed E-state index contributed by atoms with van der Waals surface area (Å²) in [6.07, 6.45) is 4.56. The van der Waals surface area contributed by atoms with Crippen molar-refractivity contribution in [2.24, 2.45) is 0 Å². The number of thiophene rings is 1.